The zero-order chi connectivity index (χ0) is 12.4. The Kier molecular flexibility index (Phi) is 3.33. The Balaban J connectivity index is 2.03. The molecule has 1 aromatic rings. The minimum atomic E-state index is -0.773. The first-order chi connectivity index (χ1) is 8.06. The summed E-state index contributed by atoms with van der Waals surface area (Å²) < 4.78 is 0. The van der Waals surface area contributed by atoms with Crippen LogP contribution in [-0.4, -0.2) is 40.2 Å². The van der Waals surface area contributed by atoms with Gasteiger partial charge in [0, 0.05) is 13.1 Å². The van der Waals surface area contributed by atoms with Crippen molar-refractivity contribution in [3.8, 4) is 5.75 Å². The van der Waals surface area contributed by atoms with E-state index in [0.29, 0.717) is 12.3 Å². The molecule has 0 saturated carbocycles. The van der Waals surface area contributed by atoms with Gasteiger partial charge in [-0.15, -0.1) is 0 Å². The van der Waals surface area contributed by atoms with E-state index >= 15 is 0 Å². The molecule has 1 unspecified atom stereocenters. The molecule has 0 amide bonds. The second-order valence-corrected chi connectivity index (χ2v) is 4.78. The van der Waals surface area contributed by atoms with Gasteiger partial charge in [0.1, 0.15) is 11.8 Å². The van der Waals surface area contributed by atoms with Gasteiger partial charge in [-0.2, -0.15) is 0 Å². The lowest BCUT2D eigenvalue weighted by Crippen LogP contribution is -2.54. The number of aromatic hydroxyl groups is 1. The summed E-state index contributed by atoms with van der Waals surface area (Å²) in [7, 11) is 0. The lowest BCUT2D eigenvalue weighted by atomic mass is 9.96. The molecular formula is C13H17NO3. The number of nitrogens with zero attached hydrogens (tertiary/aromatic N) is 1. The summed E-state index contributed by atoms with van der Waals surface area (Å²) in [6, 6.07) is 6.28. The van der Waals surface area contributed by atoms with Crippen molar-refractivity contribution in [3.63, 3.8) is 0 Å². The van der Waals surface area contributed by atoms with Gasteiger partial charge in [-0.05, 0) is 30.0 Å². The number of phenolic OH excluding ortho intramolecular Hbond substituents is 1. The van der Waals surface area contributed by atoms with E-state index in [1.165, 1.54) is 0 Å². The van der Waals surface area contributed by atoms with Gasteiger partial charge in [-0.25, -0.2) is 0 Å². The normalized spacial score (nSPS) is 18.6. The van der Waals surface area contributed by atoms with Crippen molar-refractivity contribution in [3.05, 3.63) is 29.8 Å². The molecule has 0 aromatic heterocycles. The Morgan fingerprint density at radius 2 is 2.00 bits per heavy atom. The number of likely N-dealkylation sites (tertiary alicyclic amines) is 1. The van der Waals surface area contributed by atoms with Crippen molar-refractivity contribution in [2.45, 2.75) is 19.4 Å². The number of hydrogen-bond acceptors (Lipinski definition) is 3. The van der Waals surface area contributed by atoms with E-state index < -0.39 is 12.0 Å². The minimum absolute atomic E-state index is 0.207. The molecule has 4 heteroatoms. The quantitative estimate of drug-likeness (QED) is 0.826. The lowest BCUT2D eigenvalue weighted by Gasteiger charge is -2.41. The molecule has 0 bridgehead atoms. The number of benzene rings is 1. The van der Waals surface area contributed by atoms with Gasteiger partial charge in [0.25, 0.3) is 0 Å². The molecule has 0 aliphatic carbocycles. The fourth-order valence-electron chi connectivity index (χ4n) is 2.23. The van der Waals surface area contributed by atoms with E-state index in [9.17, 15) is 15.0 Å². The Morgan fingerprint density at radius 1 is 1.41 bits per heavy atom. The SMILES string of the molecule is CC1CN(C(Cc2ccc(O)cc2)C(=O)O)C1. The van der Waals surface area contributed by atoms with Crippen molar-refractivity contribution < 1.29 is 15.0 Å². The summed E-state index contributed by atoms with van der Waals surface area (Å²) in [5.74, 6) is 0.0276. The molecule has 2 rings (SSSR count). The molecule has 4 nitrogen and oxygen atoms in total. The average Bonchev–Trinajstić information content (AvgIpc) is 2.24. The number of aliphatic carboxylic acids is 1. The van der Waals surface area contributed by atoms with Crippen LogP contribution in [-0.2, 0) is 11.2 Å². The van der Waals surface area contributed by atoms with Crippen LogP contribution in [0.1, 0.15) is 12.5 Å². The molecule has 0 radical (unpaired) electrons. The number of phenols is 1. The lowest BCUT2D eigenvalue weighted by molar-refractivity contribution is -0.146. The fourth-order valence-corrected chi connectivity index (χ4v) is 2.23. The molecule has 1 saturated heterocycles. The van der Waals surface area contributed by atoms with Crippen molar-refractivity contribution in [2.24, 2.45) is 5.92 Å². The van der Waals surface area contributed by atoms with Gasteiger partial charge in [0.2, 0.25) is 0 Å². The molecule has 1 aliphatic heterocycles. The molecule has 1 aliphatic rings. The topological polar surface area (TPSA) is 60.8 Å². The summed E-state index contributed by atoms with van der Waals surface area (Å²) in [5.41, 5.74) is 0.940. The zero-order valence-corrected chi connectivity index (χ0v) is 9.84. The van der Waals surface area contributed by atoms with E-state index in [-0.39, 0.29) is 5.75 Å². The number of carboxylic acid groups (broad SMARTS) is 1. The highest BCUT2D eigenvalue weighted by Gasteiger charge is 2.33. The molecule has 17 heavy (non-hydrogen) atoms. The maximum absolute atomic E-state index is 11.2. The van der Waals surface area contributed by atoms with Gasteiger partial charge < -0.3 is 10.2 Å². The van der Waals surface area contributed by atoms with Crippen LogP contribution < -0.4 is 0 Å². The smallest absolute Gasteiger partial charge is 0.321 e. The molecule has 1 fully saturated rings. The Morgan fingerprint density at radius 3 is 2.47 bits per heavy atom. The summed E-state index contributed by atoms with van der Waals surface area (Å²) in [4.78, 5) is 13.2. The number of carbonyl (C=O) groups is 1. The minimum Gasteiger partial charge on any atom is -0.508 e. The fraction of sp³-hybridized carbons (Fsp3) is 0.462. The Hall–Kier alpha value is -1.55. The number of hydrogen-bond donors (Lipinski definition) is 2. The maximum Gasteiger partial charge on any atom is 0.321 e. The van der Waals surface area contributed by atoms with Crippen LogP contribution in [0.2, 0.25) is 0 Å². The van der Waals surface area contributed by atoms with Crippen molar-refractivity contribution in [1.82, 2.24) is 4.90 Å². The summed E-state index contributed by atoms with van der Waals surface area (Å²) in [6.45, 7) is 3.83. The van der Waals surface area contributed by atoms with Crippen molar-refractivity contribution in [1.29, 1.82) is 0 Å². The standard InChI is InChI=1S/C13H17NO3/c1-9-7-14(8-9)12(13(16)17)6-10-2-4-11(15)5-3-10/h2-5,9,12,15H,6-8H2,1H3,(H,16,17). The second-order valence-electron chi connectivity index (χ2n) is 4.78. The average molecular weight is 235 g/mol. The van der Waals surface area contributed by atoms with Crippen LogP contribution in [0.5, 0.6) is 5.75 Å². The third-order valence-corrected chi connectivity index (χ3v) is 3.18. The van der Waals surface area contributed by atoms with E-state index in [1.54, 1.807) is 24.3 Å². The highest BCUT2D eigenvalue weighted by Crippen LogP contribution is 2.21. The van der Waals surface area contributed by atoms with Gasteiger partial charge in [0.05, 0.1) is 0 Å². The van der Waals surface area contributed by atoms with Crippen LogP contribution >= 0.6 is 0 Å². The molecule has 1 heterocycles. The van der Waals surface area contributed by atoms with Gasteiger partial charge in [-0.3, -0.25) is 9.69 Å². The molecule has 0 spiro atoms. The van der Waals surface area contributed by atoms with Gasteiger partial charge >= 0.3 is 5.97 Å². The Labute approximate surface area is 100 Å². The van der Waals surface area contributed by atoms with Crippen LogP contribution in [0.15, 0.2) is 24.3 Å². The van der Waals surface area contributed by atoms with Gasteiger partial charge in [0.15, 0.2) is 0 Å². The first-order valence-electron chi connectivity index (χ1n) is 5.81. The third-order valence-electron chi connectivity index (χ3n) is 3.18. The zero-order valence-electron chi connectivity index (χ0n) is 9.84. The van der Waals surface area contributed by atoms with Crippen molar-refractivity contribution in [2.75, 3.05) is 13.1 Å². The Bertz CT molecular complexity index is 396. The van der Waals surface area contributed by atoms with E-state index in [4.69, 9.17) is 0 Å². The van der Waals surface area contributed by atoms with Crippen LogP contribution in [0.4, 0.5) is 0 Å². The largest absolute Gasteiger partial charge is 0.508 e. The first kappa shape index (κ1) is 11.9. The van der Waals surface area contributed by atoms with Crippen LogP contribution in [0.25, 0.3) is 0 Å². The molecule has 92 valence electrons. The first-order valence-corrected chi connectivity index (χ1v) is 5.81. The summed E-state index contributed by atoms with van der Waals surface area (Å²) in [5, 5.41) is 18.4. The highest BCUT2D eigenvalue weighted by molar-refractivity contribution is 5.74. The predicted molar refractivity (Wildman–Crippen MR) is 64.0 cm³/mol. The number of rotatable bonds is 4. The highest BCUT2D eigenvalue weighted by atomic mass is 16.4. The van der Waals surface area contributed by atoms with Gasteiger partial charge in [-0.1, -0.05) is 19.1 Å². The van der Waals surface area contributed by atoms with E-state index in [1.807, 2.05) is 4.90 Å². The molecule has 1 aromatic carbocycles. The van der Waals surface area contributed by atoms with Crippen LogP contribution in [0.3, 0.4) is 0 Å². The van der Waals surface area contributed by atoms with E-state index in [2.05, 4.69) is 6.92 Å². The van der Waals surface area contributed by atoms with Crippen molar-refractivity contribution >= 4 is 5.97 Å². The molecular weight excluding hydrogens is 218 g/mol. The monoisotopic (exact) mass is 235 g/mol. The molecule has 2 N–H and O–H groups in total. The third kappa shape index (κ3) is 2.77. The van der Waals surface area contributed by atoms with Crippen LogP contribution in [0, 0.1) is 5.92 Å². The predicted octanol–water partition coefficient (Wildman–Crippen LogP) is 1.34. The molecule has 1 atom stereocenters. The summed E-state index contributed by atoms with van der Waals surface area (Å²) in [6.07, 6.45) is 0.488. The van der Waals surface area contributed by atoms with E-state index in [0.717, 1.165) is 18.7 Å². The number of carboxylic acids is 1. The maximum atomic E-state index is 11.2. The summed E-state index contributed by atoms with van der Waals surface area (Å²) >= 11 is 0. The second kappa shape index (κ2) is 4.75.